The Morgan fingerprint density at radius 1 is 1.18 bits per heavy atom. The van der Waals surface area contributed by atoms with Crippen LogP contribution in [-0.4, -0.2) is 10.1 Å². The van der Waals surface area contributed by atoms with Crippen LogP contribution in [0.2, 0.25) is 0 Å². The maximum Gasteiger partial charge on any atom is 0.169 e. The van der Waals surface area contributed by atoms with Gasteiger partial charge >= 0.3 is 0 Å². The summed E-state index contributed by atoms with van der Waals surface area (Å²) >= 11 is 0. The number of pyridine rings is 1. The van der Waals surface area contributed by atoms with E-state index in [-0.39, 0.29) is 0 Å². The molecule has 0 spiro atoms. The number of hydrogen-bond acceptors (Lipinski definition) is 4. The van der Waals surface area contributed by atoms with Gasteiger partial charge < -0.3 is 10.3 Å². The highest BCUT2D eigenvalue weighted by atomic mass is 16.5. The van der Waals surface area contributed by atoms with E-state index in [2.05, 4.69) is 10.1 Å². The number of rotatable bonds is 1. The lowest BCUT2D eigenvalue weighted by atomic mass is 10.1. The molecular weight excluding hydrogens is 214 g/mol. The van der Waals surface area contributed by atoms with Crippen LogP contribution in [-0.2, 0) is 0 Å². The fraction of sp³-hybridized carbons (Fsp3) is 0.0769. The average molecular weight is 225 g/mol. The highest BCUT2D eigenvalue weighted by Gasteiger charge is 2.06. The Morgan fingerprint density at radius 3 is 2.82 bits per heavy atom. The van der Waals surface area contributed by atoms with E-state index in [4.69, 9.17) is 10.3 Å². The zero-order valence-electron chi connectivity index (χ0n) is 9.34. The summed E-state index contributed by atoms with van der Waals surface area (Å²) < 4.78 is 5.14. The lowest BCUT2D eigenvalue weighted by molar-refractivity contribution is 0.436. The molecule has 2 aromatic heterocycles. The number of aryl methyl sites for hydroxylation is 1. The quantitative estimate of drug-likeness (QED) is 0.691. The van der Waals surface area contributed by atoms with Crippen molar-refractivity contribution in [1.82, 2.24) is 10.1 Å². The fourth-order valence-corrected chi connectivity index (χ4v) is 1.89. The van der Waals surface area contributed by atoms with Gasteiger partial charge in [-0.1, -0.05) is 17.3 Å². The Hall–Kier alpha value is -2.36. The summed E-state index contributed by atoms with van der Waals surface area (Å²) in [5.74, 6) is 1.07. The molecule has 3 aromatic rings. The summed E-state index contributed by atoms with van der Waals surface area (Å²) in [6.07, 6.45) is 1.81. The maximum atomic E-state index is 5.54. The number of nitrogen functional groups attached to an aromatic ring is 1. The van der Waals surface area contributed by atoms with Gasteiger partial charge in [-0.2, -0.15) is 0 Å². The molecule has 2 N–H and O–H groups in total. The van der Waals surface area contributed by atoms with E-state index < -0.39 is 0 Å². The zero-order chi connectivity index (χ0) is 11.8. The summed E-state index contributed by atoms with van der Waals surface area (Å²) in [6.45, 7) is 1.99. The lowest BCUT2D eigenvalue weighted by Crippen LogP contribution is -1.84. The van der Waals surface area contributed by atoms with Crippen molar-refractivity contribution < 1.29 is 4.52 Å². The third-order valence-electron chi connectivity index (χ3n) is 2.78. The first-order valence-corrected chi connectivity index (χ1v) is 5.32. The van der Waals surface area contributed by atoms with E-state index in [0.717, 1.165) is 22.0 Å². The molecule has 0 atom stereocenters. The van der Waals surface area contributed by atoms with Crippen LogP contribution in [0.3, 0.4) is 0 Å². The van der Waals surface area contributed by atoms with Crippen molar-refractivity contribution in [3.8, 4) is 11.3 Å². The van der Waals surface area contributed by atoms with E-state index in [1.807, 2.05) is 37.4 Å². The lowest BCUT2D eigenvalue weighted by Gasteiger charge is -2.02. The predicted octanol–water partition coefficient (Wildman–Crippen LogP) is 2.78. The minimum atomic E-state index is 0.392. The molecule has 0 aliphatic rings. The van der Waals surface area contributed by atoms with Gasteiger partial charge in [0.05, 0.1) is 0 Å². The van der Waals surface area contributed by atoms with Gasteiger partial charge in [0.2, 0.25) is 0 Å². The molecule has 4 heteroatoms. The van der Waals surface area contributed by atoms with Gasteiger partial charge in [0, 0.05) is 28.9 Å². The Morgan fingerprint density at radius 2 is 2.06 bits per heavy atom. The van der Waals surface area contributed by atoms with E-state index >= 15 is 0 Å². The molecule has 4 nitrogen and oxygen atoms in total. The molecule has 0 aliphatic heterocycles. The third-order valence-corrected chi connectivity index (χ3v) is 2.78. The van der Waals surface area contributed by atoms with Crippen LogP contribution in [0.4, 0.5) is 5.82 Å². The molecule has 1 aromatic carbocycles. The first-order chi connectivity index (χ1) is 8.24. The summed E-state index contributed by atoms with van der Waals surface area (Å²) in [7, 11) is 0. The molecule has 0 saturated carbocycles. The first-order valence-electron chi connectivity index (χ1n) is 5.32. The van der Waals surface area contributed by atoms with Crippen LogP contribution in [0.15, 0.2) is 41.1 Å². The number of hydrogen-bond donors (Lipinski definition) is 1. The normalized spacial score (nSPS) is 10.9. The molecular formula is C13H11N3O. The molecule has 3 rings (SSSR count). The van der Waals surface area contributed by atoms with Crippen LogP contribution in [0.5, 0.6) is 0 Å². The minimum Gasteiger partial charge on any atom is -0.381 e. The van der Waals surface area contributed by atoms with Gasteiger partial charge in [-0.05, 0) is 24.4 Å². The molecule has 0 aliphatic carbocycles. The van der Waals surface area contributed by atoms with Crippen molar-refractivity contribution in [3.05, 3.63) is 42.2 Å². The number of aromatic nitrogens is 2. The predicted molar refractivity (Wildman–Crippen MR) is 66.4 cm³/mol. The molecule has 84 valence electrons. The Kier molecular flexibility index (Phi) is 2.08. The zero-order valence-corrected chi connectivity index (χ0v) is 9.34. The SMILES string of the molecule is Cc1nccc2ccc(-c3cc(N)no3)cc12. The molecule has 0 bridgehead atoms. The van der Waals surface area contributed by atoms with Gasteiger partial charge in [-0.15, -0.1) is 0 Å². The topological polar surface area (TPSA) is 64.9 Å². The molecule has 0 amide bonds. The molecule has 0 radical (unpaired) electrons. The fourth-order valence-electron chi connectivity index (χ4n) is 1.89. The van der Waals surface area contributed by atoms with Gasteiger partial charge in [0.1, 0.15) is 0 Å². The van der Waals surface area contributed by atoms with E-state index in [1.54, 1.807) is 6.07 Å². The van der Waals surface area contributed by atoms with Crippen LogP contribution in [0.25, 0.3) is 22.1 Å². The number of benzene rings is 1. The van der Waals surface area contributed by atoms with E-state index in [0.29, 0.717) is 11.6 Å². The number of nitrogens with zero attached hydrogens (tertiary/aromatic N) is 2. The van der Waals surface area contributed by atoms with Gasteiger partial charge in [-0.3, -0.25) is 4.98 Å². The maximum absolute atomic E-state index is 5.54. The van der Waals surface area contributed by atoms with Crippen molar-refractivity contribution in [2.45, 2.75) is 6.92 Å². The summed E-state index contributed by atoms with van der Waals surface area (Å²) in [6, 6.07) is 9.77. The first kappa shape index (κ1) is 9.84. The molecule has 0 fully saturated rings. The average Bonchev–Trinajstić information content (AvgIpc) is 2.76. The van der Waals surface area contributed by atoms with E-state index in [9.17, 15) is 0 Å². The summed E-state index contributed by atoms with van der Waals surface area (Å²) in [5.41, 5.74) is 7.49. The van der Waals surface area contributed by atoms with Crippen LogP contribution < -0.4 is 5.73 Å². The Labute approximate surface area is 98.1 Å². The van der Waals surface area contributed by atoms with E-state index in [1.165, 1.54) is 0 Å². The Bertz CT molecular complexity index is 688. The smallest absolute Gasteiger partial charge is 0.169 e. The van der Waals surface area contributed by atoms with Crippen molar-refractivity contribution in [2.75, 3.05) is 5.73 Å². The monoisotopic (exact) mass is 225 g/mol. The minimum absolute atomic E-state index is 0.392. The van der Waals surface area contributed by atoms with Gasteiger partial charge in [-0.25, -0.2) is 0 Å². The summed E-state index contributed by atoms with van der Waals surface area (Å²) in [4.78, 5) is 4.28. The number of anilines is 1. The summed E-state index contributed by atoms with van der Waals surface area (Å²) in [5, 5.41) is 5.95. The standard InChI is InChI=1S/C13H11N3O/c1-8-11-6-10(12-7-13(14)16-17-12)3-2-9(11)4-5-15-8/h2-7H,1H3,(H2,14,16). The molecule has 0 unspecified atom stereocenters. The Balaban J connectivity index is 2.22. The largest absolute Gasteiger partial charge is 0.381 e. The van der Waals surface area contributed by atoms with Gasteiger partial charge in [0.15, 0.2) is 11.6 Å². The van der Waals surface area contributed by atoms with Crippen LogP contribution in [0, 0.1) is 6.92 Å². The highest BCUT2D eigenvalue weighted by molar-refractivity contribution is 5.88. The molecule has 17 heavy (non-hydrogen) atoms. The third kappa shape index (κ3) is 1.63. The van der Waals surface area contributed by atoms with Crippen molar-refractivity contribution in [3.63, 3.8) is 0 Å². The van der Waals surface area contributed by atoms with Crippen LogP contribution >= 0.6 is 0 Å². The molecule has 2 heterocycles. The van der Waals surface area contributed by atoms with Crippen molar-refractivity contribution in [2.24, 2.45) is 0 Å². The second-order valence-corrected chi connectivity index (χ2v) is 3.95. The second kappa shape index (κ2) is 3.59. The molecule has 0 saturated heterocycles. The highest BCUT2D eigenvalue weighted by Crippen LogP contribution is 2.26. The van der Waals surface area contributed by atoms with Crippen molar-refractivity contribution >= 4 is 16.6 Å². The van der Waals surface area contributed by atoms with Gasteiger partial charge in [0.25, 0.3) is 0 Å². The number of nitrogens with two attached hydrogens (primary N) is 1. The second-order valence-electron chi connectivity index (χ2n) is 3.95. The van der Waals surface area contributed by atoms with Crippen molar-refractivity contribution in [1.29, 1.82) is 0 Å². The number of fused-ring (bicyclic) bond motifs is 1. The van der Waals surface area contributed by atoms with Crippen LogP contribution in [0.1, 0.15) is 5.69 Å².